The van der Waals surface area contributed by atoms with Crippen LogP contribution in [0, 0.1) is 6.92 Å². The molecular weight excluding hydrogens is 238 g/mol. The number of aromatic amines is 1. The Kier molecular flexibility index (Phi) is 3.10. The van der Waals surface area contributed by atoms with Crippen molar-refractivity contribution in [3.63, 3.8) is 0 Å². The third-order valence-electron chi connectivity index (χ3n) is 2.27. The monoisotopic (exact) mass is 251 g/mol. The maximum Gasteiger partial charge on any atom is 0.257 e. The minimum atomic E-state index is -0.253. The van der Waals surface area contributed by atoms with E-state index < -0.39 is 0 Å². The molecule has 7 heteroatoms. The first-order chi connectivity index (χ1) is 8.08. The molecule has 0 spiro atoms. The van der Waals surface area contributed by atoms with E-state index in [4.69, 9.17) is 5.73 Å². The van der Waals surface area contributed by atoms with Crippen molar-refractivity contribution in [3.05, 3.63) is 27.8 Å². The minimum Gasteiger partial charge on any atom is -0.383 e. The van der Waals surface area contributed by atoms with Gasteiger partial charge in [-0.1, -0.05) is 0 Å². The van der Waals surface area contributed by atoms with Crippen LogP contribution in [0.3, 0.4) is 0 Å². The zero-order chi connectivity index (χ0) is 12.4. The van der Waals surface area contributed by atoms with Gasteiger partial charge in [-0.15, -0.1) is 11.3 Å². The summed E-state index contributed by atoms with van der Waals surface area (Å²) in [5.74, 6) is 0.0154. The lowest BCUT2D eigenvalue weighted by molar-refractivity contribution is 0.0941. The zero-order valence-corrected chi connectivity index (χ0v) is 10.3. The van der Waals surface area contributed by atoms with Crippen molar-refractivity contribution in [2.75, 3.05) is 5.73 Å². The van der Waals surface area contributed by atoms with Gasteiger partial charge in [0.1, 0.15) is 16.4 Å². The lowest BCUT2D eigenvalue weighted by Crippen LogP contribution is -2.26. The molecule has 0 bridgehead atoms. The predicted octanol–water partition coefficient (Wildman–Crippen LogP) is 1.25. The second-order valence-corrected chi connectivity index (χ2v) is 4.61. The van der Waals surface area contributed by atoms with Crippen molar-refractivity contribution in [2.45, 2.75) is 19.9 Å². The maximum absolute atomic E-state index is 11.8. The highest BCUT2D eigenvalue weighted by Gasteiger charge is 2.16. The largest absolute Gasteiger partial charge is 0.383 e. The summed E-state index contributed by atoms with van der Waals surface area (Å²) in [6, 6.07) is -0.143. The second-order valence-electron chi connectivity index (χ2n) is 3.72. The summed E-state index contributed by atoms with van der Waals surface area (Å²) in [5, 5.41) is 11.9. The number of hydrogen-bond donors (Lipinski definition) is 3. The molecule has 1 atom stereocenters. The van der Waals surface area contributed by atoms with Crippen LogP contribution >= 0.6 is 11.3 Å². The van der Waals surface area contributed by atoms with E-state index in [0.717, 1.165) is 10.7 Å². The molecule has 6 nitrogen and oxygen atoms in total. The molecule has 0 saturated carbocycles. The molecule has 2 aromatic heterocycles. The number of nitrogen functional groups attached to an aromatic ring is 1. The van der Waals surface area contributed by atoms with Gasteiger partial charge >= 0.3 is 0 Å². The van der Waals surface area contributed by atoms with Gasteiger partial charge in [-0.25, -0.2) is 4.98 Å². The van der Waals surface area contributed by atoms with Crippen molar-refractivity contribution in [2.24, 2.45) is 0 Å². The van der Waals surface area contributed by atoms with Crippen LogP contribution in [0.4, 0.5) is 5.82 Å². The number of nitrogens with one attached hydrogen (secondary N) is 2. The Morgan fingerprint density at radius 3 is 2.94 bits per heavy atom. The van der Waals surface area contributed by atoms with E-state index >= 15 is 0 Å². The number of aryl methyl sites for hydroxylation is 1. The summed E-state index contributed by atoms with van der Waals surface area (Å²) in [5.41, 5.74) is 6.87. The summed E-state index contributed by atoms with van der Waals surface area (Å²) in [6.07, 6.45) is 1.41. The molecule has 0 radical (unpaired) electrons. The first kappa shape index (κ1) is 11.6. The van der Waals surface area contributed by atoms with Crippen molar-refractivity contribution in [3.8, 4) is 0 Å². The summed E-state index contributed by atoms with van der Waals surface area (Å²) in [4.78, 5) is 16.2. The second kappa shape index (κ2) is 4.54. The average molecular weight is 251 g/mol. The molecule has 2 heterocycles. The summed E-state index contributed by atoms with van der Waals surface area (Å²) in [7, 11) is 0. The molecule has 2 rings (SSSR count). The SMILES string of the molecule is Cc1csc(C(C)NC(=O)c2cn[nH]c2N)n1. The third-order valence-corrected chi connectivity index (χ3v) is 3.41. The van der Waals surface area contributed by atoms with Crippen LogP contribution in [0.5, 0.6) is 0 Å². The third kappa shape index (κ3) is 2.44. The number of thiazole rings is 1. The topological polar surface area (TPSA) is 96.7 Å². The van der Waals surface area contributed by atoms with E-state index in [1.807, 2.05) is 19.2 Å². The zero-order valence-electron chi connectivity index (χ0n) is 9.52. The number of aromatic nitrogens is 3. The van der Waals surface area contributed by atoms with Gasteiger partial charge in [-0.05, 0) is 13.8 Å². The molecule has 1 amide bonds. The first-order valence-electron chi connectivity index (χ1n) is 5.09. The highest BCUT2D eigenvalue weighted by atomic mass is 32.1. The molecule has 0 fully saturated rings. The van der Waals surface area contributed by atoms with Crippen LogP contribution < -0.4 is 11.1 Å². The summed E-state index contributed by atoms with van der Waals surface area (Å²) >= 11 is 1.52. The quantitative estimate of drug-likeness (QED) is 0.764. The lowest BCUT2D eigenvalue weighted by Gasteiger charge is -2.10. The fourth-order valence-electron chi connectivity index (χ4n) is 1.38. The van der Waals surface area contributed by atoms with Gasteiger partial charge in [0, 0.05) is 11.1 Å². The van der Waals surface area contributed by atoms with E-state index in [-0.39, 0.29) is 17.8 Å². The van der Waals surface area contributed by atoms with Gasteiger partial charge in [-0.3, -0.25) is 9.89 Å². The fraction of sp³-hybridized carbons (Fsp3) is 0.300. The van der Waals surface area contributed by atoms with Crippen molar-refractivity contribution < 1.29 is 4.79 Å². The Balaban J connectivity index is 2.07. The van der Waals surface area contributed by atoms with Gasteiger partial charge in [0.25, 0.3) is 5.91 Å². The summed E-state index contributed by atoms with van der Waals surface area (Å²) in [6.45, 7) is 3.80. The Hall–Kier alpha value is -1.89. The molecule has 1 unspecified atom stereocenters. The number of hydrogen-bond acceptors (Lipinski definition) is 5. The van der Waals surface area contributed by atoms with E-state index in [2.05, 4.69) is 20.5 Å². The summed E-state index contributed by atoms with van der Waals surface area (Å²) < 4.78 is 0. The number of H-pyrrole nitrogens is 1. The van der Waals surface area contributed by atoms with Crippen LogP contribution in [0.15, 0.2) is 11.6 Å². The Labute approximate surface area is 102 Å². The van der Waals surface area contributed by atoms with Crippen molar-refractivity contribution >= 4 is 23.1 Å². The van der Waals surface area contributed by atoms with E-state index in [1.54, 1.807) is 0 Å². The number of nitrogens with two attached hydrogens (primary N) is 1. The number of nitrogens with zero attached hydrogens (tertiary/aromatic N) is 2. The van der Waals surface area contributed by atoms with Gasteiger partial charge in [0.05, 0.1) is 12.2 Å². The molecule has 0 aromatic carbocycles. The molecule has 0 saturated heterocycles. The Morgan fingerprint density at radius 1 is 1.65 bits per heavy atom. The van der Waals surface area contributed by atoms with Gasteiger partial charge in [-0.2, -0.15) is 5.10 Å². The van der Waals surface area contributed by atoms with Crippen LogP contribution in [0.2, 0.25) is 0 Å². The minimum absolute atomic E-state index is 0.143. The van der Waals surface area contributed by atoms with Crippen molar-refractivity contribution in [1.82, 2.24) is 20.5 Å². The standard InChI is InChI=1S/C10H13N5OS/c1-5-4-17-10(13-5)6(2)14-9(16)7-3-12-15-8(7)11/h3-4,6H,1-2H3,(H,14,16)(H3,11,12,15). The predicted molar refractivity (Wildman–Crippen MR) is 65.7 cm³/mol. The van der Waals surface area contributed by atoms with E-state index in [1.165, 1.54) is 17.5 Å². The molecule has 0 aliphatic rings. The van der Waals surface area contributed by atoms with Crippen LogP contribution in [0.25, 0.3) is 0 Å². The van der Waals surface area contributed by atoms with E-state index in [0.29, 0.717) is 5.56 Å². The highest BCUT2D eigenvalue weighted by Crippen LogP contribution is 2.18. The van der Waals surface area contributed by atoms with E-state index in [9.17, 15) is 4.79 Å². The number of carbonyl (C=O) groups excluding carboxylic acids is 1. The normalized spacial score (nSPS) is 12.4. The molecule has 90 valence electrons. The molecular formula is C10H13N5OS. The van der Waals surface area contributed by atoms with Crippen LogP contribution in [-0.4, -0.2) is 21.1 Å². The van der Waals surface area contributed by atoms with Gasteiger partial charge in [0.15, 0.2) is 0 Å². The number of anilines is 1. The first-order valence-corrected chi connectivity index (χ1v) is 5.97. The number of rotatable bonds is 3. The molecule has 0 aliphatic carbocycles. The van der Waals surface area contributed by atoms with Crippen molar-refractivity contribution in [1.29, 1.82) is 0 Å². The van der Waals surface area contributed by atoms with Crippen LogP contribution in [0.1, 0.15) is 34.0 Å². The molecule has 17 heavy (non-hydrogen) atoms. The number of amides is 1. The van der Waals surface area contributed by atoms with Gasteiger partial charge in [0.2, 0.25) is 0 Å². The number of carbonyl (C=O) groups is 1. The maximum atomic E-state index is 11.8. The smallest absolute Gasteiger partial charge is 0.257 e. The molecule has 2 aromatic rings. The Bertz CT molecular complexity index is 532. The van der Waals surface area contributed by atoms with Crippen LogP contribution in [-0.2, 0) is 0 Å². The highest BCUT2D eigenvalue weighted by molar-refractivity contribution is 7.09. The molecule has 0 aliphatic heterocycles. The molecule has 4 N–H and O–H groups in total. The van der Waals surface area contributed by atoms with Gasteiger partial charge < -0.3 is 11.1 Å². The average Bonchev–Trinajstić information content (AvgIpc) is 2.86. The fourth-order valence-corrected chi connectivity index (χ4v) is 2.19. The Morgan fingerprint density at radius 2 is 2.41 bits per heavy atom. The lowest BCUT2D eigenvalue weighted by atomic mass is 10.2.